The maximum Gasteiger partial charge on any atom is 0.264 e. The van der Waals surface area contributed by atoms with Crippen molar-refractivity contribution in [2.24, 2.45) is 0 Å². The van der Waals surface area contributed by atoms with E-state index in [1.807, 2.05) is 49.4 Å². The van der Waals surface area contributed by atoms with Crippen molar-refractivity contribution < 1.29 is 22.7 Å². The molecular formula is C25H26N2O5S. The summed E-state index contributed by atoms with van der Waals surface area (Å²) < 4.78 is 39.6. The zero-order valence-corrected chi connectivity index (χ0v) is 19.4. The number of sulfonamides is 1. The molecule has 8 heteroatoms. The smallest absolute Gasteiger partial charge is 0.264 e. The fraction of sp³-hybridized carbons (Fsp3) is 0.240. The molecular weight excluding hydrogens is 440 g/mol. The van der Waals surface area contributed by atoms with Crippen molar-refractivity contribution in [1.82, 2.24) is 4.90 Å². The van der Waals surface area contributed by atoms with E-state index in [9.17, 15) is 13.2 Å². The van der Waals surface area contributed by atoms with Crippen LogP contribution in [-0.2, 0) is 21.4 Å². The van der Waals surface area contributed by atoms with Crippen LogP contribution in [0, 0.1) is 6.92 Å². The first-order valence-electron chi connectivity index (χ1n) is 10.6. The number of nitrogens with zero attached hydrogens (tertiary/aromatic N) is 2. The maximum atomic E-state index is 13.7. The quantitative estimate of drug-likeness (QED) is 0.532. The molecule has 0 radical (unpaired) electrons. The lowest BCUT2D eigenvalue weighted by atomic mass is 10.2. The van der Waals surface area contributed by atoms with Crippen molar-refractivity contribution in [3.63, 3.8) is 0 Å². The van der Waals surface area contributed by atoms with E-state index >= 15 is 0 Å². The number of carbonyl (C=O) groups is 1. The summed E-state index contributed by atoms with van der Waals surface area (Å²) in [5.74, 6) is 0.556. The van der Waals surface area contributed by atoms with Crippen LogP contribution in [-0.4, -0.2) is 46.0 Å². The number of ether oxygens (including phenoxy) is 2. The first-order valence-corrected chi connectivity index (χ1v) is 12.1. The molecule has 0 aliphatic carbocycles. The number of aryl methyl sites for hydroxylation is 1. The van der Waals surface area contributed by atoms with Gasteiger partial charge in [0.15, 0.2) is 11.5 Å². The molecule has 1 amide bonds. The number of fused-ring (bicyclic) bond motifs is 1. The van der Waals surface area contributed by atoms with Gasteiger partial charge in [-0.25, -0.2) is 8.42 Å². The monoisotopic (exact) mass is 466 g/mol. The molecule has 172 valence electrons. The zero-order chi connectivity index (χ0) is 23.4. The lowest BCUT2D eigenvalue weighted by molar-refractivity contribution is -0.128. The highest BCUT2D eigenvalue weighted by Crippen LogP contribution is 2.34. The van der Waals surface area contributed by atoms with Gasteiger partial charge in [-0.3, -0.25) is 9.10 Å². The van der Waals surface area contributed by atoms with Crippen LogP contribution in [0.25, 0.3) is 0 Å². The number of hydrogen-bond acceptors (Lipinski definition) is 5. The summed E-state index contributed by atoms with van der Waals surface area (Å²) in [6.45, 7) is 2.73. The van der Waals surface area contributed by atoms with Crippen molar-refractivity contribution in [3.05, 3.63) is 83.9 Å². The van der Waals surface area contributed by atoms with Gasteiger partial charge in [0.1, 0.15) is 19.8 Å². The Morgan fingerprint density at radius 1 is 0.909 bits per heavy atom. The van der Waals surface area contributed by atoms with Crippen LogP contribution in [0.5, 0.6) is 11.5 Å². The van der Waals surface area contributed by atoms with Crippen molar-refractivity contribution >= 4 is 21.6 Å². The second kappa shape index (κ2) is 9.54. The SMILES string of the molecule is Cc1ccc(N(CC(=O)N(C)Cc2ccccc2)S(=O)(=O)c2ccc3c(c2)OCCO3)cc1. The van der Waals surface area contributed by atoms with Gasteiger partial charge < -0.3 is 14.4 Å². The average Bonchev–Trinajstić information content (AvgIpc) is 2.83. The number of rotatable bonds is 7. The fourth-order valence-electron chi connectivity index (χ4n) is 3.53. The van der Waals surface area contributed by atoms with Crippen LogP contribution in [0.2, 0.25) is 0 Å². The summed E-state index contributed by atoms with van der Waals surface area (Å²) in [6, 6.07) is 21.1. The predicted octanol–water partition coefficient (Wildman–Crippen LogP) is 3.62. The van der Waals surface area contributed by atoms with Crippen LogP contribution < -0.4 is 13.8 Å². The molecule has 0 aromatic heterocycles. The third-order valence-electron chi connectivity index (χ3n) is 5.39. The van der Waals surface area contributed by atoms with E-state index < -0.39 is 10.0 Å². The van der Waals surface area contributed by atoms with E-state index in [2.05, 4.69) is 0 Å². The largest absolute Gasteiger partial charge is 0.486 e. The fourth-order valence-corrected chi connectivity index (χ4v) is 4.96. The molecule has 0 atom stereocenters. The molecule has 0 N–H and O–H groups in total. The number of benzene rings is 3. The van der Waals surface area contributed by atoms with Gasteiger partial charge in [-0.2, -0.15) is 0 Å². The molecule has 0 spiro atoms. The third kappa shape index (κ3) is 5.12. The molecule has 4 rings (SSSR count). The van der Waals surface area contributed by atoms with E-state index in [1.54, 1.807) is 25.2 Å². The van der Waals surface area contributed by atoms with E-state index in [1.165, 1.54) is 17.0 Å². The topological polar surface area (TPSA) is 76.2 Å². The summed E-state index contributed by atoms with van der Waals surface area (Å²) >= 11 is 0. The lowest BCUT2D eigenvalue weighted by Crippen LogP contribution is -2.41. The van der Waals surface area contributed by atoms with E-state index in [0.717, 1.165) is 15.4 Å². The highest BCUT2D eigenvalue weighted by atomic mass is 32.2. The van der Waals surface area contributed by atoms with E-state index in [0.29, 0.717) is 36.9 Å². The summed E-state index contributed by atoms with van der Waals surface area (Å²) in [6.07, 6.45) is 0. The Hall–Kier alpha value is -3.52. The minimum absolute atomic E-state index is 0.0332. The van der Waals surface area contributed by atoms with Gasteiger partial charge >= 0.3 is 0 Å². The average molecular weight is 467 g/mol. The Morgan fingerprint density at radius 3 is 2.27 bits per heavy atom. The minimum atomic E-state index is -4.05. The number of anilines is 1. The number of hydrogen-bond donors (Lipinski definition) is 0. The second-order valence-corrected chi connectivity index (χ2v) is 9.75. The summed E-state index contributed by atoms with van der Waals surface area (Å²) in [7, 11) is -2.39. The van der Waals surface area contributed by atoms with Gasteiger partial charge in [0.05, 0.1) is 10.6 Å². The van der Waals surface area contributed by atoms with Gasteiger partial charge in [0, 0.05) is 19.7 Å². The Bertz CT molecular complexity index is 1230. The van der Waals surface area contributed by atoms with Gasteiger partial charge in [-0.15, -0.1) is 0 Å². The first-order chi connectivity index (χ1) is 15.8. The Morgan fingerprint density at radius 2 is 1.58 bits per heavy atom. The van der Waals surface area contributed by atoms with Crippen molar-refractivity contribution in [2.75, 3.05) is 31.1 Å². The molecule has 1 aliphatic rings. The van der Waals surface area contributed by atoms with Crippen molar-refractivity contribution in [1.29, 1.82) is 0 Å². The Kier molecular flexibility index (Phi) is 6.55. The molecule has 7 nitrogen and oxygen atoms in total. The molecule has 3 aromatic carbocycles. The molecule has 0 saturated heterocycles. The predicted molar refractivity (Wildman–Crippen MR) is 126 cm³/mol. The van der Waals surface area contributed by atoms with Crippen LogP contribution >= 0.6 is 0 Å². The van der Waals surface area contributed by atoms with E-state index in [-0.39, 0.29) is 17.3 Å². The Labute approximate surface area is 194 Å². The van der Waals surface area contributed by atoms with Gasteiger partial charge in [0.2, 0.25) is 5.91 Å². The molecule has 1 heterocycles. The normalized spacial score (nSPS) is 12.8. The van der Waals surface area contributed by atoms with Gasteiger partial charge in [0.25, 0.3) is 10.0 Å². The van der Waals surface area contributed by atoms with Crippen LogP contribution in [0.1, 0.15) is 11.1 Å². The molecule has 0 fully saturated rings. The molecule has 3 aromatic rings. The first kappa shape index (κ1) is 22.7. The van der Waals surface area contributed by atoms with Gasteiger partial charge in [-0.05, 0) is 36.8 Å². The molecule has 33 heavy (non-hydrogen) atoms. The second-order valence-electron chi connectivity index (χ2n) is 7.89. The highest BCUT2D eigenvalue weighted by Gasteiger charge is 2.29. The number of likely N-dealkylation sites (N-methyl/N-ethyl adjacent to an activating group) is 1. The molecule has 0 bridgehead atoms. The molecule has 0 unspecified atom stereocenters. The Balaban J connectivity index is 1.64. The van der Waals surface area contributed by atoms with E-state index in [4.69, 9.17) is 9.47 Å². The zero-order valence-electron chi connectivity index (χ0n) is 18.6. The standard InChI is InChI=1S/C25H26N2O5S/c1-19-8-10-21(11-9-19)27(18-25(28)26(2)17-20-6-4-3-5-7-20)33(29,30)22-12-13-23-24(16-22)32-15-14-31-23/h3-13,16H,14-15,17-18H2,1-2H3. The highest BCUT2D eigenvalue weighted by molar-refractivity contribution is 7.92. The maximum absolute atomic E-state index is 13.7. The van der Waals surface area contributed by atoms with Crippen LogP contribution in [0.4, 0.5) is 5.69 Å². The van der Waals surface area contributed by atoms with Crippen molar-refractivity contribution in [3.8, 4) is 11.5 Å². The van der Waals surface area contributed by atoms with Crippen LogP contribution in [0.3, 0.4) is 0 Å². The summed E-state index contributed by atoms with van der Waals surface area (Å²) in [5, 5.41) is 0. The summed E-state index contributed by atoms with van der Waals surface area (Å²) in [5.41, 5.74) is 2.37. The number of carbonyl (C=O) groups excluding carboxylic acids is 1. The number of amides is 1. The van der Waals surface area contributed by atoms with Gasteiger partial charge in [-0.1, -0.05) is 48.0 Å². The lowest BCUT2D eigenvalue weighted by Gasteiger charge is -2.27. The van der Waals surface area contributed by atoms with Crippen molar-refractivity contribution in [2.45, 2.75) is 18.4 Å². The molecule has 1 aliphatic heterocycles. The third-order valence-corrected chi connectivity index (χ3v) is 7.16. The summed E-state index contributed by atoms with van der Waals surface area (Å²) in [4.78, 5) is 14.6. The van der Waals surface area contributed by atoms with Crippen LogP contribution in [0.15, 0.2) is 77.7 Å². The molecule has 0 saturated carbocycles. The minimum Gasteiger partial charge on any atom is -0.486 e.